The molecule has 0 saturated carbocycles. The van der Waals surface area contributed by atoms with Gasteiger partial charge < -0.3 is 10.1 Å². The topological polar surface area (TPSA) is 119 Å². The molecule has 9 heteroatoms. The summed E-state index contributed by atoms with van der Waals surface area (Å²) in [6, 6.07) is 16.4. The van der Waals surface area contributed by atoms with Gasteiger partial charge >= 0.3 is 5.97 Å². The van der Waals surface area contributed by atoms with E-state index in [1.165, 1.54) is 0 Å². The second-order valence-electron chi connectivity index (χ2n) is 7.22. The minimum atomic E-state index is -0.627. The Hall–Kier alpha value is -4.27. The van der Waals surface area contributed by atoms with E-state index in [1.807, 2.05) is 37.3 Å². The number of hydrogen-bond donors (Lipinski definition) is 2. The van der Waals surface area contributed by atoms with Crippen LogP contribution in [0.3, 0.4) is 0 Å². The van der Waals surface area contributed by atoms with E-state index in [1.54, 1.807) is 35.9 Å². The standard InChI is InChI=1S/C23H21N5O4/c1-14-22(15(2)28(27-14)16-8-4-3-5-9-16)24-20(29)13-32-21(30)12-19-17-10-6-7-11-18(17)23(31)26-25-19/h3-11H,12-13H2,1-2H3,(H,24,29)(H,26,31). The molecule has 2 aromatic carbocycles. The van der Waals surface area contributed by atoms with Gasteiger partial charge in [-0.1, -0.05) is 36.4 Å². The zero-order chi connectivity index (χ0) is 22.7. The second kappa shape index (κ2) is 8.84. The molecule has 2 heterocycles. The first-order valence-electron chi connectivity index (χ1n) is 9.97. The van der Waals surface area contributed by atoms with Crippen molar-refractivity contribution < 1.29 is 14.3 Å². The predicted octanol–water partition coefficient (Wildman–Crippen LogP) is 2.45. The molecular weight excluding hydrogens is 410 g/mol. The van der Waals surface area contributed by atoms with E-state index < -0.39 is 18.5 Å². The van der Waals surface area contributed by atoms with Crippen LogP contribution in [0, 0.1) is 13.8 Å². The maximum absolute atomic E-state index is 12.4. The Morgan fingerprint density at radius 2 is 1.72 bits per heavy atom. The number of anilines is 1. The van der Waals surface area contributed by atoms with Crippen LogP contribution < -0.4 is 10.9 Å². The van der Waals surface area contributed by atoms with Crippen LogP contribution in [0.25, 0.3) is 16.5 Å². The number of aryl methyl sites for hydroxylation is 1. The number of rotatable bonds is 6. The molecule has 0 aliphatic carbocycles. The highest BCUT2D eigenvalue weighted by Gasteiger charge is 2.17. The lowest BCUT2D eigenvalue weighted by molar-refractivity contribution is -0.146. The fourth-order valence-corrected chi connectivity index (χ4v) is 3.46. The fraction of sp³-hybridized carbons (Fsp3) is 0.174. The molecule has 0 spiro atoms. The van der Waals surface area contributed by atoms with Crippen molar-refractivity contribution >= 4 is 28.3 Å². The zero-order valence-electron chi connectivity index (χ0n) is 17.6. The van der Waals surface area contributed by atoms with Crippen molar-refractivity contribution in [1.29, 1.82) is 0 Å². The van der Waals surface area contributed by atoms with Gasteiger partial charge in [0.05, 0.1) is 40.3 Å². The van der Waals surface area contributed by atoms with Crippen LogP contribution in [0.15, 0.2) is 59.4 Å². The summed E-state index contributed by atoms with van der Waals surface area (Å²) in [6.45, 7) is 3.19. The second-order valence-corrected chi connectivity index (χ2v) is 7.22. The quantitative estimate of drug-likeness (QED) is 0.453. The molecule has 2 aromatic heterocycles. The molecule has 162 valence electrons. The van der Waals surface area contributed by atoms with Gasteiger partial charge in [-0.2, -0.15) is 10.2 Å². The number of hydrogen-bond acceptors (Lipinski definition) is 6. The lowest BCUT2D eigenvalue weighted by Crippen LogP contribution is -2.23. The molecule has 1 amide bonds. The van der Waals surface area contributed by atoms with Gasteiger partial charge in [0.2, 0.25) is 0 Å². The summed E-state index contributed by atoms with van der Waals surface area (Å²) in [4.78, 5) is 36.5. The van der Waals surface area contributed by atoms with Crippen molar-refractivity contribution in [2.75, 3.05) is 11.9 Å². The van der Waals surface area contributed by atoms with Gasteiger partial charge in [0.15, 0.2) is 6.61 Å². The number of esters is 1. The van der Waals surface area contributed by atoms with Gasteiger partial charge in [-0.15, -0.1) is 0 Å². The summed E-state index contributed by atoms with van der Waals surface area (Å²) < 4.78 is 6.86. The Morgan fingerprint density at radius 1 is 1.03 bits per heavy atom. The van der Waals surface area contributed by atoms with E-state index in [9.17, 15) is 14.4 Å². The third-order valence-corrected chi connectivity index (χ3v) is 5.01. The molecule has 2 N–H and O–H groups in total. The largest absolute Gasteiger partial charge is 0.455 e. The van der Waals surface area contributed by atoms with Crippen molar-refractivity contribution in [1.82, 2.24) is 20.0 Å². The molecule has 0 saturated heterocycles. The summed E-state index contributed by atoms with van der Waals surface area (Å²) >= 11 is 0. The third kappa shape index (κ3) is 4.27. The zero-order valence-corrected chi connectivity index (χ0v) is 17.6. The molecule has 0 radical (unpaired) electrons. The van der Waals surface area contributed by atoms with Crippen molar-refractivity contribution in [3.8, 4) is 5.69 Å². The van der Waals surface area contributed by atoms with Crippen LogP contribution in [-0.2, 0) is 20.7 Å². The van der Waals surface area contributed by atoms with Gasteiger partial charge in [0.1, 0.15) is 0 Å². The van der Waals surface area contributed by atoms with Crippen LogP contribution >= 0.6 is 0 Å². The highest BCUT2D eigenvalue weighted by molar-refractivity contribution is 5.94. The van der Waals surface area contributed by atoms with E-state index in [2.05, 4.69) is 20.6 Å². The number of H-pyrrole nitrogens is 1. The van der Waals surface area contributed by atoms with Crippen molar-refractivity contribution in [2.45, 2.75) is 20.3 Å². The smallest absolute Gasteiger partial charge is 0.312 e. The number of carbonyl (C=O) groups is 2. The number of ether oxygens (including phenoxy) is 1. The summed E-state index contributed by atoms with van der Waals surface area (Å²) in [6.07, 6.45) is -0.172. The monoisotopic (exact) mass is 431 g/mol. The van der Waals surface area contributed by atoms with Gasteiger partial charge in [-0.3, -0.25) is 14.4 Å². The maximum Gasteiger partial charge on any atom is 0.312 e. The van der Waals surface area contributed by atoms with Crippen LogP contribution in [0.4, 0.5) is 5.69 Å². The number of nitrogens with one attached hydrogen (secondary N) is 2. The van der Waals surface area contributed by atoms with Crippen LogP contribution in [-0.4, -0.2) is 38.5 Å². The lowest BCUT2D eigenvalue weighted by atomic mass is 10.1. The van der Waals surface area contributed by atoms with E-state index in [4.69, 9.17) is 4.74 Å². The maximum atomic E-state index is 12.4. The van der Waals surface area contributed by atoms with Crippen LogP contribution in [0.1, 0.15) is 17.1 Å². The van der Waals surface area contributed by atoms with Crippen molar-refractivity contribution in [3.05, 3.63) is 82.0 Å². The average molecular weight is 431 g/mol. The molecule has 0 aliphatic rings. The highest BCUT2D eigenvalue weighted by atomic mass is 16.5. The molecule has 0 bridgehead atoms. The van der Waals surface area contributed by atoms with Crippen molar-refractivity contribution in [3.63, 3.8) is 0 Å². The molecule has 0 aliphatic heterocycles. The van der Waals surface area contributed by atoms with Crippen LogP contribution in [0.5, 0.6) is 0 Å². The molecule has 4 aromatic rings. The number of aromatic nitrogens is 4. The fourth-order valence-electron chi connectivity index (χ4n) is 3.46. The number of carbonyl (C=O) groups excluding carboxylic acids is 2. The number of aromatic amines is 1. The molecular formula is C23H21N5O4. The van der Waals surface area contributed by atoms with Gasteiger partial charge in [-0.25, -0.2) is 9.78 Å². The number of nitrogens with zero attached hydrogens (tertiary/aromatic N) is 3. The van der Waals surface area contributed by atoms with Gasteiger partial charge in [0, 0.05) is 5.39 Å². The van der Waals surface area contributed by atoms with E-state index in [-0.39, 0.29) is 12.0 Å². The molecule has 0 unspecified atom stereocenters. The SMILES string of the molecule is Cc1nn(-c2ccccc2)c(C)c1NC(=O)COC(=O)Cc1n[nH]c(=O)c2ccccc12. The molecule has 0 atom stereocenters. The Labute approximate surface area is 183 Å². The Morgan fingerprint density at radius 3 is 2.47 bits per heavy atom. The summed E-state index contributed by atoms with van der Waals surface area (Å²) in [5, 5.41) is 14.6. The highest BCUT2D eigenvalue weighted by Crippen LogP contribution is 2.22. The van der Waals surface area contributed by atoms with Crippen LogP contribution in [0.2, 0.25) is 0 Å². The molecule has 4 rings (SSSR count). The van der Waals surface area contributed by atoms with Gasteiger partial charge in [-0.05, 0) is 32.0 Å². The Kier molecular flexibility index (Phi) is 5.80. The number of fused-ring (bicyclic) bond motifs is 1. The minimum absolute atomic E-state index is 0.172. The van der Waals surface area contributed by atoms with E-state index >= 15 is 0 Å². The summed E-state index contributed by atoms with van der Waals surface area (Å²) in [5.41, 5.74) is 2.90. The average Bonchev–Trinajstić information content (AvgIpc) is 3.08. The lowest BCUT2D eigenvalue weighted by Gasteiger charge is -2.08. The molecule has 9 nitrogen and oxygen atoms in total. The van der Waals surface area contributed by atoms with Gasteiger partial charge in [0.25, 0.3) is 11.5 Å². The van der Waals surface area contributed by atoms with E-state index in [0.29, 0.717) is 27.8 Å². The summed E-state index contributed by atoms with van der Waals surface area (Å²) in [7, 11) is 0. The van der Waals surface area contributed by atoms with E-state index in [0.717, 1.165) is 11.4 Å². The normalized spacial score (nSPS) is 10.8. The predicted molar refractivity (Wildman–Crippen MR) is 119 cm³/mol. The molecule has 32 heavy (non-hydrogen) atoms. The Bertz CT molecular complexity index is 1360. The Balaban J connectivity index is 1.40. The minimum Gasteiger partial charge on any atom is -0.455 e. The number of benzene rings is 2. The number of amides is 1. The first-order valence-corrected chi connectivity index (χ1v) is 9.97. The number of para-hydroxylation sites is 1. The third-order valence-electron chi connectivity index (χ3n) is 5.01. The van der Waals surface area contributed by atoms with Crippen molar-refractivity contribution in [2.24, 2.45) is 0 Å². The first kappa shape index (κ1) is 21.0. The summed E-state index contributed by atoms with van der Waals surface area (Å²) in [5.74, 6) is -1.10. The molecule has 0 fully saturated rings. The first-order chi connectivity index (χ1) is 15.4.